The highest BCUT2D eigenvalue weighted by Crippen LogP contribution is 2.31. The number of pyridine rings is 1. The van der Waals surface area contributed by atoms with Gasteiger partial charge in [-0.2, -0.15) is 5.26 Å². The largest absolute Gasteiger partial charge is 0.493 e. The molecule has 3 aromatic rings. The first-order valence-corrected chi connectivity index (χ1v) is 15.0. The Balaban J connectivity index is 1.92. The highest BCUT2D eigenvalue weighted by molar-refractivity contribution is 7.89. The maximum absolute atomic E-state index is 13.4. The molecule has 0 aliphatic heterocycles. The zero-order chi connectivity index (χ0) is 31.0. The van der Waals surface area contributed by atoms with Crippen LogP contribution in [0.1, 0.15) is 61.8 Å². The summed E-state index contributed by atoms with van der Waals surface area (Å²) < 4.78 is 29.3. The smallest absolute Gasteiger partial charge is 0.296 e. The first-order valence-electron chi connectivity index (χ1n) is 13.5. The second kappa shape index (κ2) is 14.0. The number of aromatic hydroxyl groups is 1. The van der Waals surface area contributed by atoms with E-state index < -0.39 is 26.4 Å². The summed E-state index contributed by atoms with van der Waals surface area (Å²) in [5, 5.41) is 39.7. The molecule has 0 amide bonds. The number of nitrogens with zero attached hydrogens (tertiary/aromatic N) is 5. The van der Waals surface area contributed by atoms with Crippen LogP contribution in [0, 0.1) is 41.2 Å². The maximum Gasteiger partial charge on any atom is 0.296 e. The van der Waals surface area contributed by atoms with Crippen LogP contribution in [0.3, 0.4) is 0 Å². The van der Waals surface area contributed by atoms with Crippen LogP contribution in [0.5, 0.6) is 5.88 Å². The van der Waals surface area contributed by atoms with Crippen LogP contribution in [-0.2, 0) is 16.6 Å². The molecule has 1 atom stereocenters. The number of rotatable bonds is 13. The number of hydrogen-bond donors (Lipinski definition) is 2. The van der Waals surface area contributed by atoms with Gasteiger partial charge in [0.1, 0.15) is 11.6 Å². The first-order chi connectivity index (χ1) is 19.9. The molecule has 0 fully saturated rings. The molecule has 0 spiro atoms. The van der Waals surface area contributed by atoms with E-state index in [1.807, 2.05) is 13.0 Å². The highest BCUT2D eigenvalue weighted by Gasteiger charge is 2.21. The van der Waals surface area contributed by atoms with Crippen molar-refractivity contribution in [3.05, 3.63) is 85.2 Å². The van der Waals surface area contributed by atoms with E-state index in [0.29, 0.717) is 17.7 Å². The second-order valence-corrected chi connectivity index (χ2v) is 11.8. The quantitative estimate of drug-likeness (QED) is 0.140. The Hall–Kier alpha value is -4.41. The third-order valence-corrected chi connectivity index (χ3v) is 8.47. The van der Waals surface area contributed by atoms with E-state index in [1.54, 1.807) is 13.0 Å². The second-order valence-electron chi connectivity index (χ2n) is 10.0. The molecule has 13 heteroatoms. The minimum atomic E-state index is -3.75. The number of unbranched alkanes of at least 4 members (excludes halogenated alkanes) is 1. The van der Waals surface area contributed by atoms with Gasteiger partial charge in [0.15, 0.2) is 11.4 Å². The number of sulfonamides is 1. The number of nitrogens with one attached hydrogen (secondary N) is 1. The molecule has 0 saturated heterocycles. The van der Waals surface area contributed by atoms with Crippen LogP contribution in [0.4, 0.5) is 17.1 Å². The Morgan fingerprint density at radius 3 is 2.43 bits per heavy atom. The first kappa shape index (κ1) is 32.1. The SMILES string of the molecule is CCCCC(CC)CNS(=O)(=O)c1ccc(Cn2c(O)c(C#N)c(C)c(N=Nc3ccc(C)cc3[N+](=O)[O-])c2=O)cc1. The van der Waals surface area contributed by atoms with Gasteiger partial charge in [0.05, 0.1) is 16.4 Å². The highest BCUT2D eigenvalue weighted by atomic mass is 32.2. The van der Waals surface area contributed by atoms with Crippen LogP contribution >= 0.6 is 0 Å². The average molecular weight is 595 g/mol. The summed E-state index contributed by atoms with van der Waals surface area (Å²) in [5.74, 6) is -0.343. The molecule has 2 aromatic carbocycles. The summed E-state index contributed by atoms with van der Waals surface area (Å²) in [6, 6.07) is 12.0. The molecule has 12 nitrogen and oxygen atoms in total. The maximum atomic E-state index is 13.4. The minimum absolute atomic E-state index is 0.0592. The van der Waals surface area contributed by atoms with E-state index in [1.165, 1.54) is 43.3 Å². The minimum Gasteiger partial charge on any atom is -0.493 e. The zero-order valence-corrected chi connectivity index (χ0v) is 24.8. The lowest BCUT2D eigenvalue weighted by atomic mass is 10.00. The van der Waals surface area contributed by atoms with E-state index in [2.05, 4.69) is 21.9 Å². The molecule has 222 valence electrons. The van der Waals surface area contributed by atoms with Crippen molar-refractivity contribution in [2.24, 2.45) is 16.1 Å². The van der Waals surface area contributed by atoms with Crippen LogP contribution < -0.4 is 10.3 Å². The Labute approximate surface area is 244 Å². The van der Waals surface area contributed by atoms with Crippen molar-refractivity contribution < 1.29 is 18.4 Å². The predicted octanol–water partition coefficient (Wildman–Crippen LogP) is 5.91. The Morgan fingerprint density at radius 2 is 1.83 bits per heavy atom. The van der Waals surface area contributed by atoms with Gasteiger partial charge < -0.3 is 5.11 Å². The molecule has 1 unspecified atom stereocenters. The molecule has 0 bridgehead atoms. The number of azo groups is 1. The van der Waals surface area contributed by atoms with Crippen LogP contribution in [0.25, 0.3) is 0 Å². The van der Waals surface area contributed by atoms with Gasteiger partial charge in [-0.1, -0.05) is 51.3 Å². The number of nitriles is 1. The van der Waals surface area contributed by atoms with Crippen molar-refractivity contribution in [3.8, 4) is 11.9 Å². The molecule has 1 aromatic heterocycles. The third-order valence-electron chi connectivity index (χ3n) is 7.03. The number of aromatic nitrogens is 1. The van der Waals surface area contributed by atoms with Crippen molar-refractivity contribution in [2.45, 2.75) is 64.8 Å². The lowest BCUT2D eigenvalue weighted by molar-refractivity contribution is -0.384. The summed E-state index contributed by atoms with van der Waals surface area (Å²) in [6.07, 6.45) is 3.88. The summed E-state index contributed by atoms with van der Waals surface area (Å²) >= 11 is 0. The number of benzene rings is 2. The molecule has 0 saturated carbocycles. The molecule has 0 aliphatic carbocycles. The van der Waals surface area contributed by atoms with Crippen molar-refractivity contribution >= 4 is 27.1 Å². The van der Waals surface area contributed by atoms with Crippen LogP contribution in [0.15, 0.2) is 62.4 Å². The molecule has 2 N–H and O–H groups in total. The topological polar surface area (TPSA) is 180 Å². The lowest BCUT2D eigenvalue weighted by Crippen LogP contribution is -2.29. The Morgan fingerprint density at radius 1 is 1.14 bits per heavy atom. The fourth-order valence-electron chi connectivity index (χ4n) is 4.38. The van der Waals surface area contributed by atoms with Crippen molar-refractivity contribution in [1.29, 1.82) is 5.26 Å². The summed E-state index contributed by atoms with van der Waals surface area (Å²) in [4.78, 5) is 24.2. The Kier molecular flexibility index (Phi) is 10.7. The monoisotopic (exact) mass is 594 g/mol. The van der Waals surface area contributed by atoms with Gasteiger partial charge in [0.25, 0.3) is 11.2 Å². The molecule has 3 rings (SSSR count). The molecule has 42 heavy (non-hydrogen) atoms. The van der Waals surface area contributed by atoms with Crippen LogP contribution in [-0.4, -0.2) is 29.6 Å². The summed E-state index contributed by atoms with van der Waals surface area (Å²) in [5.41, 5.74) is -0.455. The lowest BCUT2D eigenvalue weighted by Gasteiger charge is -2.16. The van der Waals surface area contributed by atoms with Crippen molar-refractivity contribution in [2.75, 3.05) is 6.54 Å². The van der Waals surface area contributed by atoms with Gasteiger partial charge in [-0.3, -0.25) is 19.5 Å². The van der Waals surface area contributed by atoms with Gasteiger partial charge in [-0.15, -0.1) is 10.2 Å². The zero-order valence-electron chi connectivity index (χ0n) is 24.0. The molecular weight excluding hydrogens is 560 g/mol. The van der Waals surface area contributed by atoms with E-state index in [0.717, 1.165) is 30.3 Å². The van der Waals surface area contributed by atoms with E-state index in [9.17, 15) is 33.7 Å². The van der Waals surface area contributed by atoms with Crippen molar-refractivity contribution in [1.82, 2.24) is 9.29 Å². The van der Waals surface area contributed by atoms with Gasteiger partial charge in [0.2, 0.25) is 15.9 Å². The van der Waals surface area contributed by atoms with Gasteiger partial charge in [-0.05, 0) is 55.5 Å². The predicted molar refractivity (Wildman–Crippen MR) is 158 cm³/mol. The third kappa shape index (κ3) is 7.45. The number of nitro groups is 1. The van der Waals surface area contributed by atoms with E-state index >= 15 is 0 Å². The molecule has 1 heterocycles. The van der Waals surface area contributed by atoms with Crippen molar-refractivity contribution in [3.63, 3.8) is 0 Å². The van der Waals surface area contributed by atoms with Gasteiger partial charge in [0, 0.05) is 18.2 Å². The number of hydrogen-bond acceptors (Lipinski definition) is 9. The molecule has 0 radical (unpaired) electrons. The fourth-order valence-corrected chi connectivity index (χ4v) is 5.50. The van der Waals surface area contributed by atoms with Gasteiger partial charge >= 0.3 is 0 Å². The van der Waals surface area contributed by atoms with E-state index in [-0.39, 0.29) is 45.5 Å². The summed E-state index contributed by atoms with van der Waals surface area (Å²) in [7, 11) is -3.75. The number of aryl methyl sites for hydroxylation is 1. The van der Waals surface area contributed by atoms with E-state index in [4.69, 9.17) is 0 Å². The van der Waals surface area contributed by atoms with Gasteiger partial charge in [-0.25, -0.2) is 13.1 Å². The standard InChI is InChI=1S/C29H34N6O6S/c1-5-7-8-21(6-2)17-31-42(40,41)23-12-10-22(11-13-23)18-34-28(36)24(16-30)20(4)27(29(34)37)33-32-25-14-9-19(3)15-26(25)35(38)39/h9-15,21,31,36H,5-8,17-18H2,1-4H3. The summed E-state index contributed by atoms with van der Waals surface area (Å²) in [6.45, 7) is 7.37. The normalized spacial score (nSPS) is 12.4. The molecule has 0 aliphatic rings. The van der Waals surface area contributed by atoms with Crippen LogP contribution in [0.2, 0.25) is 0 Å². The average Bonchev–Trinajstić information content (AvgIpc) is 2.96. The Bertz CT molecular complexity index is 1690. The molecular formula is C29H34N6O6S. The fraction of sp³-hybridized carbons (Fsp3) is 0.379. The number of nitro benzene ring substituents is 1.